The van der Waals surface area contributed by atoms with Gasteiger partial charge in [0.15, 0.2) is 11.5 Å². The van der Waals surface area contributed by atoms with Gasteiger partial charge in [-0.1, -0.05) is 5.11 Å². The summed E-state index contributed by atoms with van der Waals surface area (Å²) in [6.45, 7) is 0.542. The lowest BCUT2D eigenvalue weighted by molar-refractivity contribution is 0.0955. The summed E-state index contributed by atoms with van der Waals surface area (Å²) in [5.74, 6) is 1.35. The minimum absolute atomic E-state index is 0.203. The maximum Gasteiger partial charge on any atom is 0.261 e. The molecule has 0 aliphatic rings. The van der Waals surface area contributed by atoms with Crippen molar-refractivity contribution in [2.24, 2.45) is 5.11 Å². The summed E-state index contributed by atoms with van der Waals surface area (Å²) in [5, 5.41) is 6.32. The number of azide groups is 1. The molecule has 8 nitrogen and oxygen atoms in total. The molecule has 132 valence electrons. The Morgan fingerprint density at radius 1 is 1.20 bits per heavy atom. The number of nitrogens with one attached hydrogen (secondary N) is 1. The van der Waals surface area contributed by atoms with Crippen LogP contribution in [0.1, 0.15) is 20.1 Å². The quantitative estimate of drug-likeness (QED) is 0.440. The average Bonchev–Trinajstić information content (AvgIpc) is 3.12. The molecule has 0 radical (unpaired) electrons. The minimum Gasteiger partial charge on any atom is -0.493 e. The van der Waals surface area contributed by atoms with E-state index in [1.165, 1.54) is 32.7 Å². The Hall–Kier alpha value is -2.90. The largest absolute Gasteiger partial charge is 0.493 e. The third-order valence-corrected chi connectivity index (χ3v) is 4.42. The molecule has 1 heterocycles. The fraction of sp³-hybridized carbons (Fsp3) is 0.312. The van der Waals surface area contributed by atoms with Crippen molar-refractivity contribution in [3.05, 3.63) is 50.0 Å². The molecule has 1 N–H and O–H groups in total. The van der Waals surface area contributed by atoms with Gasteiger partial charge in [0.2, 0.25) is 5.75 Å². The first kappa shape index (κ1) is 18.4. The summed E-state index contributed by atoms with van der Waals surface area (Å²) in [4.78, 5) is 16.3. The zero-order valence-corrected chi connectivity index (χ0v) is 14.9. The molecule has 0 atom stereocenters. The van der Waals surface area contributed by atoms with Crippen LogP contribution in [0.15, 0.2) is 29.4 Å². The lowest BCUT2D eigenvalue weighted by atomic mass is 10.1. The molecule has 0 saturated heterocycles. The Labute approximate surface area is 149 Å². The van der Waals surface area contributed by atoms with Crippen LogP contribution in [0, 0.1) is 0 Å². The van der Waals surface area contributed by atoms with Crippen LogP contribution in [0.25, 0.3) is 10.4 Å². The summed E-state index contributed by atoms with van der Waals surface area (Å²) >= 11 is 1.29. The first-order valence-electron chi connectivity index (χ1n) is 7.29. The number of hydrogen-bond acceptors (Lipinski definition) is 6. The molecule has 0 unspecified atom stereocenters. The predicted octanol–water partition coefficient (Wildman–Crippen LogP) is 3.51. The van der Waals surface area contributed by atoms with Gasteiger partial charge in [-0.25, -0.2) is 0 Å². The van der Waals surface area contributed by atoms with Gasteiger partial charge in [0.1, 0.15) is 0 Å². The van der Waals surface area contributed by atoms with Crippen molar-refractivity contribution in [3.8, 4) is 17.2 Å². The maximum absolute atomic E-state index is 12.2. The SMILES string of the molecule is COc1cc(CNC(=O)c2ccc(CN=[N+]=[N-])s2)cc(OC)c1OC. The van der Waals surface area contributed by atoms with E-state index < -0.39 is 0 Å². The van der Waals surface area contributed by atoms with Crippen molar-refractivity contribution >= 4 is 17.2 Å². The van der Waals surface area contributed by atoms with E-state index in [1.54, 1.807) is 24.3 Å². The molecule has 0 fully saturated rings. The van der Waals surface area contributed by atoms with Crippen molar-refractivity contribution in [1.82, 2.24) is 5.32 Å². The van der Waals surface area contributed by atoms with Gasteiger partial charge in [0.25, 0.3) is 5.91 Å². The third-order valence-electron chi connectivity index (χ3n) is 3.35. The number of ether oxygens (including phenoxy) is 3. The first-order chi connectivity index (χ1) is 12.1. The summed E-state index contributed by atoms with van der Waals surface area (Å²) in [6.07, 6.45) is 0. The highest BCUT2D eigenvalue weighted by molar-refractivity contribution is 7.14. The van der Waals surface area contributed by atoms with E-state index in [2.05, 4.69) is 15.3 Å². The van der Waals surface area contributed by atoms with Gasteiger partial charge in [-0.05, 0) is 35.4 Å². The van der Waals surface area contributed by atoms with E-state index in [0.717, 1.165) is 10.4 Å². The van der Waals surface area contributed by atoms with E-state index in [1.807, 2.05) is 0 Å². The summed E-state index contributed by atoms with van der Waals surface area (Å²) in [7, 11) is 4.61. The fourth-order valence-corrected chi connectivity index (χ4v) is 3.03. The number of carbonyl (C=O) groups is 1. The number of nitrogens with zero attached hydrogens (tertiary/aromatic N) is 3. The van der Waals surface area contributed by atoms with Crippen LogP contribution in [0.3, 0.4) is 0 Å². The van der Waals surface area contributed by atoms with Crippen LogP contribution in [-0.4, -0.2) is 27.2 Å². The van der Waals surface area contributed by atoms with Gasteiger partial charge in [0, 0.05) is 16.3 Å². The molecule has 0 aliphatic carbocycles. The number of hydrogen-bond donors (Lipinski definition) is 1. The van der Waals surface area contributed by atoms with Gasteiger partial charge in [-0.15, -0.1) is 11.3 Å². The topological polar surface area (TPSA) is 106 Å². The molecule has 1 amide bonds. The molecular weight excluding hydrogens is 344 g/mol. The van der Waals surface area contributed by atoms with E-state index in [9.17, 15) is 4.79 Å². The van der Waals surface area contributed by atoms with Crippen LogP contribution in [0.5, 0.6) is 17.2 Å². The smallest absolute Gasteiger partial charge is 0.261 e. The number of rotatable bonds is 8. The Kier molecular flexibility index (Phi) is 6.50. The Morgan fingerprint density at radius 2 is 1.88 bits per heavy atom. The molecule has 0 aliphatic heterocycles. The van der Waals surface area contributed by atoms with Gasteiger partial charge >= 0.3 is 0 Å². The van der Waals surface area contributed by atoms with Crippen molar-refractivity contribution in [3.63, 3.8) is 0 Å². The van der Waals surface area contributed by atoms with Crippen LogP contribution >= 0.6 is 11.3 Å². The highest BCUT2D eigenvalue weighted by Gasteiger charge is 2.14. The number of benzene rings is 1. The molecule has 2 rings (SSSR count). The second-order valence-corrected chi connectivity index (χ2v) is 6.04. The molecule has 0 bridgehead atoms. The summed E-state index contributed by atoms with van der Waals surface area (Å²) < 4.78 is 15.9. The van der Waals surface area contributed by atoms with Crippen LogP contribution < -0.4 is 19.5 Å². The molecule has 1 aromatic heterocycles. The summed E-state index contributed by atoms with van der Waals surface area (Å²) in [6, 6.07) is 7.04. The van der Waals surface area contributed by atoms with Gasteiger partial charge in [0.05, 0.1) is 32.8 Å². The number of carbonyl (C=O) groups excluding carboxylic acids is 1. The zero-order valence-electron chi connectivity index (χ0n) is 14.1. The highest BCUT2D eigenvalue weighted by Crippen LogP contribution is 2.38. The van der Waals surface area contributed by atoms with Crippen molar-refractivity contribution < 1.29 is 19.0 Å². The second kappa shape index (κ2) is 8.81. The van der Waals surface area contributed by atoms with Gasteiger partial charge in [-0.3, -0.25) is 4.79 Å². The third kappa shape index (κ3) is 4.56. The predicted molar refractivity (Wildman–Crippen MR) is 94.4 cm³/mol. The minimum atomic E-state index is -0.203. The molecular formula is C16H18N4O4S. The van der Waals surface area contributed by atoms with Crippen molar-refractivity contribution in [2.45, 2.75) is 13.1 Å². The average molecular weight is 362 g/mol. The number of methoxy groups -OCH3 is 3. The van der Waals surface area contributed by atoms with Crippen molar-refractivity contribution in [1.29, 1.82) is 0 Å². The lowest BCUT2D eigenvalue weighted by Crippen LogP contribution is -2.21. The second-order valence-electron chi connectivity index (χ2n) is 4.87. The monoisotopic (exact) mass is 362 g/mol. The molecule has 9 heteroatoms. The molecule has 2 aromatic rings. The number of amides is 1. The maximum atomic E-state index is 12.2. The van der Waals surface area contributed by atoms with Crippen molar-refractivity contribution in [2.75, 3.05) is 21.3 Å². The zero-order chi connectivity index (χ0) is 18.2. The summed E-state index contributed by atoms with van der Waals surface area (Å²) in [5.41, 5.74) is 9.14. The van der Waals surface area contributed by atoms with E-state index >= 15 is 0 Å². The van der Waals surface area contributed by atoms with E-state index in [4.69, 9.17) is 19.7 Å². The lowest BCUT2D eigenvalue weighted by Gasteiger charge is -2.14. The normalized spacial score (nSPS) is 9.88. The standard InChI is InChI=1S/C16H18N4O4S/c1-22-12-6-10(7-13(23-2)15(12)24-3)8-18-16(21)14-5-4-11(25-14)9-19-20-17/h4-7H,8-9H2,1-3H3,(H,18,21). The van der Waals surface area contributed by atoms with Crippen LogP contribution in [0.2, 0.25) is 0 Å². The van der Waals surface area contributed by atoms with Crippen LogP contribution in [0.4, 0.5) is 0 Å². The Morgan fingerprint density at radius 3 is 2.44 bits per heavy atom. The van der Waals surface area contributed by atoms with Crippen LogP contribution in [-0.2, 0) is 13.1 Å². The number of thiophene rings is 1. The molecule has 0 spiro atoms. The van der Waals surface area contributed by atoms with Gasteiger partial charge < -0.3 is 19.5 Å². The van der Waals surface area contributed by atoms with E-state index in [0.29, 0.717) is 28.7 Å². The first-order valence-corrected chi connectivity index (χ1v) is 8.11. The fourth-order valence-electron chi connectivity index (χ4n) is 2.19. The highest BCUT2D eigenvalue weighted by atomic mass is 32.1. The Bertz CT molecular complexity index is 774. The Balaban J connectivity index is 2.08. The van der Waals surface area contributed by atoms with E-state index in [-0.39, 0.29) is 12.5 Å². The van der Waals surface area contributed by atoms with Gasteiger partial charge in [-0.2, -0.15) is 0 Å². The molecule has 1 aromatic carbocycles. The molecule has 0 saturated carbocycles. The molecule has 25 heavy (non-hydrogen) atoms.